The summed E-state index contributed by atoms with van der Waals surface area (Å²) in [6.07, 6.45) is -3.31. The molecule has 0 spiro atoms. The Labute approximate surface area is 143 Å². The number of alkyl halides is 3. The zero-order chi connectivity index (χ0) is 18.5. The van der Waals surface area contributed by atoms with E-state index in [9.17, 15) is 22.8 Å². The summed E-state index contributed by atoms with van der Waals surface area (Å²) in [6, 6.07) is -0.678. The highest BCUT2D eigenvalue weighted by Gasteiger charge is 2.44. The summed E-state index contributed by atoms with van der Waals surface area (Å²) in [5.41, 5.74) is -2.09. The van der Waals surface area contributed by atoms with E-state index in [0.717, 1.165) is 0 Å². The average molecular weight is 369 g/mol. The molecule has 0 aromatic rings. The summed E-state index contributed by atoms with van der Waals surface area (Å²) >= 11 is 5.15. The molecule has 1 aliphatic rings. The van der Waals surface area contributed by atoms with Crippen molar-refractivity contribution in [3.63, 3.8) is 0 Å². The van der Waals surface area contributed by atoms with Crippen molar-refractivity contribution in [1.82, 2.24) is 0 Å². The van der Waals surface area contributed by atoms with Crippen molar-refractivity contribution in [2.75, 3.05) is 6.61 Å². The standard InChI is InChI=1S/C15H20ClF3N2O3/c1-3-24-13(23)14(2)6-4-9(5-7-14)21-11(15(17,18)19)10(8-20)12(16)22/h8-10,20H,3-7H2,1-2H3. The minimum Gasteiger partial charge on any atom is -0.466 e. The monoisotopic (exact) mass is 368 g/mol. The van der Waals surface area contributed by atoms with Gasteiger partial charge in [-0.3, -0.25) is 14.6 Å². The molecule has 1 N–H and O–H groups in total. The van der Waals surface area contributed by atoms with Gasteiger partial charge in [0.2, 0.25) is 5.24 Å². The molecule has 1 aliphatic carbocycles. The van der Waals surface area contributed by atoms with Crippen LogP contribution in [0.25, 0.3) is 0 Å². The number of carbonyl (C=O) groups excluding carboxylic acids is 2. The van der Waals surface area contributed by atoms with Gasteiger partial charge in [-0.05, 0) is 51.1 Å². The van der Waals surface area contributed by atoms with Crippen LogP contribution in [0.4, 0.5) is 13.2 Å². The Bertz CT molecular complexity index is 527. The van der Waals surface area contributed by atoms with E-state index >= 15 is 0 Å². The van der Waals surface area contributed by atoms with Crippen molar-refractivity contribution < 1.29 is 27.5 Å². The van der Waals surface area contributed by atoms with Crippen LogP contribution in [-0.4, -0.2) is 42.0 Å². The summed E-state index contributed by atoms with van der Waals surface area (Å²) in [5.74, 6) is -2.28. The molecule has 0 amide bonds. The van der Waals surface area contributed by atoms with Crippen molar-refractivity contribution in [2.45, 2.75) is 51.7 Å². The van der Waals surface area contributed by atoms with Gasteiger partial charge in [0.15, 0.2) is 0 Å². The van der Waals surface area contributed by atoms with E-state index in [1.54, 1.807) is 13.8 Å². The van der Waals surface area contributed by atoms with Crippen LogP contribution in [0.15, 0.2) is 4.99 Å². The number of ether oxygens (including phenoxy) is 1. The molecule has 1 unspecified atom stereocenters. The molecule has 0 saturated heterocycles. The zero-order valence-corrected chi connectivity index (χ0v) is 14.2. The Morgan fingerprint density at radius 2 is 1.96 bits per heavy atom. The van der Waals surface area contributed by atoms with Crippen LogP contribution in [0.1, 0.15) is 39.5 Å². The zero-order valence-electron chi connectivity index (χ0n) is 13.5. The quantitative estimate of drug-likeness (QED) is 0.442. The van der Waals surface area contributed by atoms with Gasteiger partial charge >= 0.3 is 12.1 Å². The maximum Gasteiger partial charge on any atom is 0.430 e. The average Bonchev–Trinajstić information content (AvgIpc) is 2.48. The Morgan fingerprint density at radius 1 is 1.42 bits per heavy atom. The molecule has 1 fully saturated rings. The fourth-order valence-electron chi connectivity index (χ4n) is 2.66. The van der Waals surface area contributed by atoms with E-state index in [-0.39, 0.29) is 25.4 Å². The van der Waals surface area contributed by atoms with Gasteiger partial charge in [-0.25, -0.2) is 0 Å². The molecule has 136 valence electrons. The number of esters is 1. The Morgan fingerprint density at radius 3 is 2.33 bits per heavy atom. The summed E-state index contributed by atoms with van der Waals surface area (Å²) in [4.78, 5) is 26.7. The molecule has 9 heteroatoms. The van der Waals surface area contributed by atoms with Crippen LogP contribution >= 0.6 is 11.6 Å². The molecule has 0 radical (unpaired) electrons. The second-order valence-corrected chi connectivity index (χ2v) is 6.35. The second-order valence-electron chi connectivity index (χ2n) is 5.97. The third-order valence-corrected chi connectivity index (χ3v) is 4.38. The Kier molecular flexibility index (Phi) is 6.95. The molecule has 24 heavy (non-hydrogen) atoms. The first-order chi connectivity index (χ1) is 11.0. The van der Waals surface area contributed by atoms with Crippen molar-refractivity contribution in [2.24, 2.45) is 16.3 Å². The third-order valence-electron chi connectivity index (χ3n) is 4.14. The molecule has 0 aromatic heterocycles. The minimum atomic E-state index is -4.85. The summed E-state index contributed by atoms with van der Waals surface area (Å²) < 4.78 is 44.4. The van der Waals surface area contributed by atoms with Gasteiger partial charge in [0, 0.05) is 6.21 Å². The van der Waals surface area contributed by atoms with E-state index in [4.69, 9.17) is 21.7 Å². The maximum absolute atomic E-state index is 13.1. The Hall–Kier alpha value is -1.44. The van der Waals surface area contributed by atoms with E-state index in [1.807, 2.05) is 0 Å². The first-order valence-electron chi connectivity index (χ1n) is 7.57. The first-order valence-corrected chi connectivity index (χ1v) is 7.95. The largest absolute Gasteiger partial charge is 0.466 e. The lowest BCUT2D eigenvalue weighted by Gasteiger charge is -2.34. The fraction of sp³-hybridized carbons (Fsp3) is 0.733. The van der Waals surface area contributed by atoms with Gasteiger partial charge in [-0.1, -0.05) is 0 Å². The topological polar surface area (TPSA) is 79.6 Å². The molecular formula is C15H20ClF3N2O3. The smallest absolute Gasteiger partial charge is 0.430 e. The fourth-order valence-corrected chi connectivity index (χ4v) is 2.82. The number of carbonyl (C=O) groups is 2. The SMILES string of the molecule is CCOC(=O)C1(C)CCC(N=C(C(C=N)C(=O)Cl)C(F)(F)F)CC1. The highest BCUT2D eigenvalue weighted by Crippen LogP contribution is 2.39. The number of halogens is 4. The Balaban J connectivity index is 2.94. The molecule has 1 atom stereocenters. The van der Waals surface area contributed by atoms with E-state index in [2.05, 4.69) is 4.99 Å². The lowest BCUT2D eigenvalue weighted by Crippen LogP contribution is -2.38. The molecular weight excluding hydrogens is 349 g/mol. The predicted molar refractivity (Wildman–Crippen MR) is 83.6 cm³/mol. The normalized spacial score (nSPS) is 26.6. The lowest BCUT2D eigenvalue weighted by atomic mass is 9.74. The van der Waals surface area contributed by atoms with Crippen LogP contribution in [0.3, 0.4) is 0 Å². The van der Waals surface area contributed by atoms with E-state index < -0.39 is 34.5 Å². The number of hydrogen-bond donors (Lipinski definition) is 1. The summed E-state index contributed by atoms with van der Waals surface area (Å²) in [5, 5.41) is 5.71. The lowest BCUT2D eigenvalue weighted by molar-refractivity contribution is -0.156. The van der Waals surface area contributed by atoms with Gasteiger partial charge in [-0.15, -0.1) is 0 Å². The minimum absolute atomic E-state index is 0.243. The van der Waals surface area contributed by atoms with Crippen molar-refractivity contribution >= 4 is 34.7 Å². The van der Waals surface area contributed by atoms with Crippen molar-refractivity contribution in [3.8, 4) is 0 Å². The van der Waals surface area contributed by atoms with Gasteiger partial charge in [0.25, 0.3) is 0 Å². The van der Waals surface area contributed by atoms with E-state index in [0.29, 0.717) is 19.1 Å². The second kappa shape index (κ2) is 8.09. The van der Waals surface area contributed by atoms with Crippen LogP contribution in [-0.2, 0) is 14.3 Å². The van der Waals surface area contributed by atoms with Crippen LogP contribution in [0, 0.1) is 16.7 Å². The molecule has 0 heterocycles. The molecule has 0 bridgehead atoms. The highest BCUT2D eigenvalue weighted by atomic mass is 35.5. The molecule has 0 aliphatic heterocycles. The molecule has 1 saturated carbocycles. The predicted octanol–water partition coefficient (Wildman–Crippen LogP) is 3.53. The van der Waals surface area contributed by atoms with Gasteiger partial charge < -0.3 is 10.1 Å². The molecule has 0 aromatic carbocycles. The summed E-state index contributed by atoms with van der Waals surface area (Å²) in [7, 11) is 0. The van der Waals surface area contributed by atoms with Crippen LogP contribution < -0.4 is 0 Å². The van der Waals surface area contributed by atoms with Gasteiger partial charge in [-0.2, -0.15) is 13.2 Å². The number of rotatable bonds is 6. The van der Waals surface area contributed by atoms with E-state index in [1.165, 1.54) is 0 Å². The number of nitrogens with zero attached hydrogens (tertiary/aromatic N) is 1. The van der Waals surface area contributed by atoms with Crippen molar-refractivity contribution in [1.29, 1.82) is 5.41 Å². The number of aliphatic imine (C=N–C) groups is 1. The maximum atomic E-state index is 13.1. The highest BCUT2D eigenvalue weighted by molar-refractivity contribution is 6.67. The van der Waals surface area contributed by atoms with Crippen molar-refractivity contribution in [3.05, 3.63) is 0 Å². The number of nitrogens with one attached hydrogen (secondary N) is 1. The molecule has 1 rings (SSSR count). The first kappa shape index (κ1) is 20.6. The van der Waals surface area contributed by atoms with Crippen LogP contribution in [0.5, 0.6) is 0 Å². The molecule has 5 nitrogen and oxygen atoms in total. The van der Waals surface area contributed by atoms with Gasteiger partial charge in [0.1, 0.15) is 11.6 Å². The van der Waals surface area contributed by atoms with Gasteiger partial charge in [0.05, 0.1) is 18.1 Å². The summed E-state index contributed by atoms with van der Waals surface area (Å²) in [6.45, 7) is 3.65. The third kappa shape index (κ3) is 5.03. The van der Waals surface area contributed by atoms with Crippen LogP contribution in [0.2, 0.25) is 0 Å². The number of hydrogen-bond acceptors (Lipinski definition) is 5.